The molecule has 0 bridgehead atoms. The van der Waals surface area contributed by atoms with Crippen LogP contribution in [0.4, 0.5) is 0 Å². The monoisotopic (exact) mass is 351 g/mol. The van der Waals surface area contributed by atoms with Gasteiger partial charge in [-0.2, -0.15) is 0 Å². The number of fused-ring (bicyclic) bond motifs is 1. The van der Waals surface area contributed by atoms with E-state index >= 15 is 0 Å². The first-order valence-corrected chi connectivity index (χ1v) is 9.19. The molecule has 1 spiro atoms. The van der Waals surface area contributed by atoms with Gasteiger partial charge in [-0.05, 0) is 50.3 Å². The summed E-state index contributed by atoms with van der Waals surface area (Å²) in [5.74, 6) is 1.78. The van der Waals surface area contributed by atoms with E-state index in [0.29, 0.717) is 12.0 Å². The van der Waals surface area contributed by atoms with Gasteiger partial charge in [0.05, 0.1) is 0 Å². The normalized spacial score (nSPS) is 31.8. The first kappa shape index (κ1) is 15.4. The molecule has 2 aliphatic rings. The second-order valence-corrected chi connectivity index (χ2v) is 7.43. The number of benzene rings is 1. The highest BCUT2D eigenvalue weighted by Crippen LogP contribution is 2.50. The molecule has 1 fully saturated rings. The summed E-state index contributed by atoms with van der Waals surface area (Å²) in [5.41, 5.74) is 1.37. The Labute approximate surface area is 136 Å². The van der Waals surface area contributed by atoms with Crippen molar-refractivity contribution in [2.45, 2.75) is 64.0 Å². The Balaban J connectivity index is 1.98. The molecule has 1 aliphatic carbocycles. The fraction of sp³-hybridized carbons (Fsp3) is 0.667. The lowest BCUT2D eigenvalue weighted by atomic mass is 9.69. The molecule has 1 aromatic carbocycles. The molecule has 0 amide bonds. The second kappa shape index (κ2) is 6.29. The number of rotatable bonds is 3. The summed E-state index contributed by atoms with van der Waals surface area (Å²) in [5, 5.41) is 3.68. The lowest BCUT2D eigenvalue weighted by Gasteiger charge is -2.49. The molecule has 0 aromatic heterocycles. The van der Waals surface area contributed by atoms with Gasteiger partial charge < -0.3 is 10.1 Å². The Hall–Kier alpha value is -0.540. The van der Waals surface area contributed by atoms with E-state index in [1.165, 1.54) is 37.7 Å². The molecule has 3 unspecified atom stereocenters. The molecule has 0 saturated heterocycles. The Morgan fingerprint density at radius 3 is 2.95 bits per heavy atom. The van der Waals surface area contributed by atoms with Gasteiger partial charge in [0.25, 0.3) is 0 Å². The molecule has 1 heterocycles. The van der Waals surface area contributed by atoms with E-state index in [0.717, 1.165) is 23.2 Å². The minimum atomic E-state index is 0.0492. The molecular weight excluding hydrogens is 326 g/mol. The van der Waals surface area contributed by atoms with Crippen LogP contribution in [0.1, 0.15) is 64.0 Å². The zero-order valence-electron chi connectivity index (χ0n) is 13.1. The van der Waals surface area contributed by atoms with Crippen LogP contribution in [0.15, 0.2) is 22.7 Å². The summed E-state index contributed by atoms with van der Waals surface area (Å²) < 4.78 is 7.76. The smallest absolute Gasteiger partial charge is 0.126 e. The molecule has 116 valence electrons. The van der Waals surface area contributed by atoms with Gasteiger partial charge in [0, 0.05) is 22.5 Å². The Bertz CT molecular complexity index is 504. The predicted molar refractivity (Wildman–Crippen MR) is 90.8 cm³/mol. The summed E-state index contributed by atoms with van der Waals surface area (Å²) in [6.07, 6.45) is 7.54. The van der Waals surface area contributed by atoms with Gasteiger partial charge in [-0.1, -0.05) is 42.3 Å². The molecule has 21 heavy (non-hydrogen) atoms. The van der Waals surface area contributed by atoms with E-state index in [9.17, 15) is 0 Å². The second-order valence-electron chi connectivity index (χ2n) is 6.51. The zero-order valence-corrected chi connectivity index (χ0v) is 14.7. The van der Waals surface area contributed by atoms with Gasteiger partial charge in [-0.15, -0.1) is 0 Å². The molecule has 2 nitrogen and oxygen atoms in total. The van der Waals surface area contributed by atoms with Gasteiger partial charge >= 0.3 is 0 Å². The Morgan fingerprint density at radius 1 is 1.33 bits per heavy atom. The third-order valence-electron chi connectivity index (χ3n) is 5.30. The maximum absolute atomic E-state index is 6.65. The van der Waals surface area contributed by atoms with Crippen LogP contribution < -0.4 is 10.1 Å². The van der Waals surface area contributed by atoms with Crippen LogP contribution in [-0.2, 0) is 0 Å². The minimum absolute atomic E-state index is 0.0492. The van der Waals surface area contributed by atoms with E-state index in [-0.39, 0.29) is 5.60 Å². The third-order valence-corrected chi connectivity index (χ3v) is 5.80. The van der Waals surface area contributed by atoms with Crippen LogP contribution in [0.5, 0.6) is 5.75 Å². The molecule has 1 aliphatic heterocycles. The largest absolute Gasteiger partial charge is 0.487 e. The summed E-state index contributed by atoms with van der Waals surface area (Å²) in [7, 11) is 0. The van der Waals surface area contributed by atoms with E-state index < -0.39 is 0 Å². The van der Waals surface area contributed by atoms with Crippen LogP contribution in [0, 0.1) is 5.92 Å². The molecule has 0 radical (unpaired) electrons. The fourth-order valence-electron chi connectivity index (χ4n) is 4.29. The highest BCUT2D eigenvalue weighted by molar-refractivity contribution is 9.10. The van der Waals surface area contributed by atoms with Crippen LogP contribution in [-0.4, -0.2) is 12.1 Å². The van der Waals surface area contributed by atoms with Crippen LogP contribution in [0.25, 0.3) is 0 Å². The van der Waals surface area contributed by atoms with Gasteiger partial charge in [0.15, 0.2) is 0 Å². The number of ether oxygens (including phenoxy) is 1. The zero-order chi connectivity index (χ0) is 14.9. The van der Waals surface area contributed by atoms with E-state index in [1.807, 2.05) is 0 Å². The van der Waals surface area contributed by atoms with E-state index in [1.54, 1.807) is 0 Å². The summed E-state index contributed by atoms with van der Waals surface area (Å²) >= 11 is 3.59. The van der Waals surface area contributed by atoms with Crippen LogP contribution in [0.2, 0.25) is 0 Å². The number of nitrogens with one attached hydrogen (secondary N) is 1. The highest BCUT2D eigenvalue weighted by atomic mass is 79.9. The average Bonchev–Trinajstić information content (AvgIpc) is 2.47. The molecule has 3 atom stereocenters. The van der Waals surface area contributed by atoms with Crippen molar-refractivity contribution in [1.29, 1.82) is 0 Å². The van der Waals surface area contributed by atoms with Crippen LogP contribution in [0.3, 0.4) is 0 Å². The summed E-state index contributed by atoms with van der Waals surface area (Å²) in [6, 6.07) is 6.92. The van der Waals surface area contributed by atoms with Gasteiger partial charge in [0.2, 0.25) is 0 Å². The van der Waals surface area contributed by atoms with Crippen molar-refractivity contribution in [3.05, 3.63) is 28.2 Å². The average molecular weight is 352 g/mol. The lowest BCUT2D eigenvalue weighted by Crippen LogP contribution is -2.51. The quantitative estimate of drug-likeness (QED) is 0.805. The Morgan fingerprint density at radius 2 is 2.19 bits per heavy atom. The van der Waals surface area contributed by atoms with Gasteiger partial charge in [-0.3, -0.25) is 0 Å². The minimum Gasteiger partial charge on any atom is -0.487 e. The number of halogens is 1. The predicted octanol–water partition coefficient (Wildman–Crippen LogP) is 5.22. The number of hydrogen-bond donors (Lipinski definition) is 1. The van der Waals surface area contributed by atoms with Gasteiger partial charge in [0.1, 0.15) is 11.4 Å². The highest BCUT2D eigenvalue weighted by Gasteiger charge is 2.47. The topological polar surface area (TPSA) is 21.3 Å². The molecule has 1 N–H and O–H groups in total. The van der Waals surface area contributed by atoms with E-state index in [4.69, 9.17) is 4.74 Å². The lowest BCUT2D eigenvalue weighted by molar-refractivity contribution is -0.0523. The molecule has 1 saturated carbocycles. The summed E-state index contributed by atoms with van der Waals surface area (Å²) in [4.78, 5) is 0. The van der Waals surface area contributed by atoms with Gasteiger partial charge in [-0.25, -0.2) is 0 Å². The third kappa shape index (κ3) is 2.87. The SMILES string of the molecule is CCNC1CC2(CCCCC2CC)Oc2cc(Br)ccc21. The maximum Gasteiger partial charge on any atom is 0.126 e. The van der Waals surface area contributed by atoms with Crippen molar-refractivity contribution in [1.82, 2.24) is 5.32 Å². The number of hydrogen-bond acceptors (Lipinski definition) is 2. The van der Waals surface area contributed by atoms with E-state index in [2.05, 4.69) is 53.3 Å². The van der Waals surface area contributed by atoms with Crippen molar-refractivity contribution in [2.24, 2.45) is 5.92 Å². The maximum atomic E-state index is 6.65. The van der Waals surface area contributed by atoms with Crippen molar-refractivity contribution < 1.29 is 4.74 Å². The molecule has 3 rings (SSSR count). The van der Waals surface area contributed by atoms with Crippen molar-refractivity contribution in [3.63, 3.8) is 0 Å². The Kier molecular flexibility index (Phi) is 4.60. The van der Waals surface area contributed by atoms with Crippen molar-refractivity contribution in [3.8, 4) is 5.75 Å². The van der Waals surface area contributed by atoms with Crippen molar-refractivity contribution in [2.75, 3.05) is 6.54 Å². The standard InChI is InChI=1S/C18H26BrNO/c1-3-13-7-5-6-10-18(13)12-16(20-4-2)15-9-8-14(19)11-17(15)21-18/h8-9,11,13,16,20H,3-7,10,12H2,1-2H3. The fourth-order valence-corrected chi connectivity index (χ4v) is 4.63. The molecule has 3 heteroatoms. The summed E-state index contributed by atoms with van der Waals surface area (Å²) in [6.45, 7) is 5.52. The van der Waals surface area contributed by atoms with Crippen LogP contribution >= 0.6 is 15.9 Å². The first-order valence-electron chi connectivity index (χ1n) is 8.40. The molecular formula is C18H26BrNO. The first-order chi connectivity index (χ1) is 10.2. The molecule has 1 aromatic rings. The van der Waals surface area contributed by atoms with Crippen molar-refractivity contribution >= 4 is 15.9 Å².